The number of nitrogens with zero attached hydrogens (tertiary/aromatic N) is 5. The van der Waals surface area contributed by atoms with Crippen molar-refractivity contribution in [3.63, 3.8) is 0 Å². The van der Waals surface area contributed by atoms with Gasteiger partial charge in [0.05, 0.1) is 18.2 Å². The molecule has 2 saturated heterocycles. The Labute approximate surface area is 161 Å². The minimum Gasteiger partial charge on any atom is -0.396 e. The first kappa shape index (κ1) is 17.5. The van der Waals surface area contributed by atoms with Gasteiger partial charge in [-0.3, -0.25) is 4.79 Å². The lowest BCUT2D eigenvalue weighted by Gasteiger charge is -2.25. The number of tetrazole rings is 1. The quantitative estimate of drug-likeness (QED) is 0.816. The second kappa shape index (κ2) is 5.97. The van der Waals surface area contributed by atoms with Crippen molar-refractivity contribution in [2.45, 2.75) is 19.8 Å². The van der Waals surface area contributed by atoms with Crippen molar-refractivity contribution in [2.75, 3.05) is 37.7 Å². The van der Waals surface area contributed by atoms with Gasteiger partial charge in [0, 0.05) is 37.2 Å². The van der Waals surface area contributed by atoms with Gasteiger partial charge in [0.25, 0.3) is 0 Å². The largest absolute Gasteiger partial charge is 0.396 e. The molecule has 3 heterocycles. The number of rotatable bonds is 4. The van der Waals surface area contributed by atoms with Gasteiger partial charge in [-0.2, -0.15) is 5.21 Å². The molecule has 148 valence electrons. The number of hydrogen-bond donors (Lipinski definition) is 2. The molecule has 0 spiro atoms. The molecule has 2 N–H and O–H groups in total. The number of nitrogens with one attached hydrogen (secondary N) is 1. The second-order valence-corrected chi connectivity index (χ2v) is 8.70. The van der Waals surface area contributed by atoms with Crippen LogP contribution in [0.2, 0.25) is 0 Å². The van der Waals surface area contributed by atoms with Gasteiger partial charge < -0.3 is 14.9 Å². The van der Waals surface area contributed by atoms with E-state index in [1.807, 2.05) is 9.80 Å². The molecule has 0 bridgehead atoms. The van der Waals surface area contributed by atoms with Crippen LogP contribution in [0.3, 0.4) is 0 Å². The van der Waals surface area contributed by atoms with Gasteiger partial charge in [-0.25, -0.2) is 4.39 Å². The fraction of sp³-hybridized carbons (Fsp3) is 0.579. The highest BCUT2D eigenvalue weighted by atomic mass is 19.1. The van der Waals surface area contributed by atoms with E-state index in [0.717, 1.165) is 13.0 Å². The molecular formula is C19H23FN6O2. The molecule has 28 heavy (non-hydrogen) atoms. The van der Waals surface area contributed by atoms with Crippen molar-refractivity contribution in [1.29, 1.82) is 0 Å². The van der Waals surface area contributed by atoms with Crippen LogP contribution < -0.4 is 4.90 Å². The first-order chi connectivity index (χ1) is 13.4. The zero-order chi connectivity index (χ0) is 19.5. The molecule has 3 fully saturated rings. The Morgan fingerprint density at radius 1 is 1.43 bits per heavy atom. The Hall–Kier alpha value is -2.55. The number of benzene rings is 1. The lowest BCUT2D eigenvalue weighted by molar-refractivity contribution is -0.134. The number of aliphatic hydroxyl groups excluding tert-OH is 1. The zero-order valence-corrected chi connectivity index (χ0v) is 15.7. The summed E-state index contributed by atoms with van der Waals surface area (Å²) < 4.78 is 14.7. The Kier molecular flexibility index (Phi) is 3.74. The maximum Gasteiger partial charge on any atom is 0.227 e. The molecule has 8 nitrogen and oxygen atoms in total. The van der Waals surface area contributed by atoms with Crippen LogP contribution in [0, 0.1) is 22.6 Å². The third kappa shape index (κ3) is 2.52. The fourth-order valence-electron chi connectivity index (χ4n) is 5.09. The van der Waals surface area contributed by atoms with E-state index >= 15 is 0 Å². The van der Waals surface area contributed by atoms with Gasteiger partial charge in [0.15, 0.2) is 0 Å². The first-order valence-electron chi connectivity index (χ1n) is 9.63. The standard InChI is InChI=1S/C19H23FN6O2/c1-18-8-19(18,11-27)10-26(9-18)17(28)13-4-5-25(7-13)15-3-2-12(6-14(15)20)16-21-23-24-22-16/h2-3,6,13,27H,4-5,7-11H2,1H3,(H,21,22,23,24)/t13?,18-,19+/m1/s1. The maximum absolute atomic E-state index is 14.7. The number of likely N-dealkylation sites (tertiary alicyclic amines) is 1. The summed E-state index contributed by atoms with van der Waals surface area (Å²) in [6.45, 7) is 4.81. The third-order valence-corrected chi connectivity index (χ3v) is 6.96. The SMILES string of the molecule is C[C@@]12CN(C(=O)C3CCN(c4ccc(-c5nn[nH]n5)cc4F)C3)C[C@]1(CO)C2. The number of aromatic nitrogens is 4. The summed E-state index contributed by atoms with van der Waals surface area (Å²) in [5, 5.41) is 23.3. The summed E-state index contributed by atoms with van der Waals surface area (Å²) in [5.74, 6) is -0.0101. The molecule has 1 unspecified atom stereocenters. The number of carbonyl (C=O) groups excluding carboxylic acids is 1. The molecule has 9 heteroatoms. The van der Waals surface area contributed by atoms with E-state index < -0.39 is 0 Å². The molecule has 1 aromatic carbocycles. The fourth-order valence-corrected chi connectivity index (χ4v) is 5.09. The van der Waals surface area contributed by atoms with Gasteiger partial charge in [0.1, 0.15) is 5.82 Å². The van der Waals surface area contributed by atoms with Gasteiger partial charge in [0.2, 0.25) is 11.7 Å². The molecule has 0 radical (unpaired) electrons. The predicted molar refractivity (Wildman–Crippen MR) is 98.7 cm³/mol. The summed E-state index contributed by atoms with van der Waals surface area (Å²) in [4.78, 5) is 16.8. The molecule has 2 aromatic rings. The normalized spacial score (nSPS) is 31.3. The molecule has 3 aliphatic rings. The van der Waals surface area contributed by atoms with Crippen molar-refractivity contribution in [3.8, 4) is 11.4 Å². The lowest BCUT2D eigenvalue weighted by Crippen LogP contribution is -2.38. The summed E-state index contributed by atoms with van der Waals surface area (Å²) in [7, 11) is 0. The highest BCUT2D eigenvalue weighted by molar-refractivity contribution is 5.81. The van der Waals surface area contributed by atoms with E-state index in [9.17, 15) is 14.3 Å². The monoisotopic (exact) mass is 386 g/mol. The van der Waals surface area contributed by atoms with Crippen molar-refractivity contribution < 1.29 is 14.3 Å². The van der Waals surface area contributed by atoms with Gasteiger partial charge >= 0.3 is 0 Å². The minimum absolute atomic E-state index is 0.0623. The van der Waals surface area contributed by atoms with Gasteiger partial charge in [-0.1, -0.05) is 6.92 Å². The minimum atomic E-state index is -0.357. The van der Waals surface area contributed by atoms with Crippen LogP contribution in [-0.4, -0.2) is 69.3 Å². The van der Waals surface area contributed by atoms with E-state index in [1.54, 1.807) is 12.1 Å². The number of amides is 1. The Balaban J connectivity index is 1.27. The topological polar surface area (TPSA) is 98.2 Å². The number of carbonyl (C=O) groups is 1. The second-order valence-electron chi connectivity index (χ2n) is 8.70. The number of H-pyrrole nitrogens is 1. The van der Waals surface area contributed by atoms with Gasteiger partial charge in [-0.05, 0) is 41.7 Å². The highest BCUT2D eigenvalue weighted by Gasteiger charge is 2.69. The van der Waals surface area contributed by atoms with Crippen LogP contribution in [0.1, 0.15) is 19.8 Å². The smallest absolute Gasteiger partial charge is 0.227 e. The number of fused-ring (bicyclic) bond motifs is 1. The average Bonchev–Trinajstić information content (AvgIpc) is 3.22. The van der Waals surface area contributed by atoms with Crippen LogP contribution in [0.25, 0.3) is 11.4 Å². The van der Waals surface area contributed by atoms with Crippen LogP contribution in [0.5, 0.6) is 0 Å². The van der Waals surface area contributed by atoms with Crippen molar-refractivity contribution in [3.05, 3.63) is 24.0 Å². The number of anilines is 1. The van der Waals surface area contributed by atoms with E-state index in [2.05, 4.69) is 27.5 Å². The van der Waals surface area contributed by atoms with Crippen LogP contribution in [0.15, 0.2) is 18.2 Å². The van der Waals surface area contributed by atoms with E-state index in [-0.39, 0.29) is 35.1 Å². The molecule has 1 amide bonds. The molecule has 1 aromatic heterocycles. The van der Waals surface area contributed by atoms with Crippen molar-refractivity contribution in [2.24, 2.45) is 16.7 Å². The summed E-state index contributed by atoms with van der Waals surface area (Å²) in [5.41, 5.74) is 1.01. The van der Waals surface area contributed by atoms with Crippen molar-refractivity contribution in [1.82, 2.24) is 25.5 Å². The maximum atomic E-state index is 14.7. The number of aliphatic hydroxyl groups is 1. The van der Waals surface area contributed by atoms with Crippen LogP contribution in [-0.2, 0) is 4.79 Å². The average molecular weight is 386 g/mol. The molecule has 1 aliphatic carbocycles. The van der Waals surface area contributed by atoms with Crippen LogP contribution >= 0.6 is 0 Å². The molecule has 2 aliphatic heterocycles. The third-order valence-electron chi connectivity index (χ3n) is 6.96. The summed E-state index contributed by atoms with van der Waals surface area (Å²) in [6.07, 6.45) is 1.71. The summed E-state index contributed by atoms with van der Waals surface area (Å²) >= 11 is 0. The number of piperidine rings is 1. The van der Waals surface area contributed by atoms with Crippen molar-refractivity contribution >= 4 is 11.6 Å². The number of aromatic amines is 1. The van der Waals surface area contributed by atoms with E-state index in [0.29, 0.717) is 43.1 Å². The number of hydrogen-bond acceptors (Lipinski definition) is 6. The van der Waals surface area contributed by atoms with E-state index in [1.165, 1.54) is 6.07 Å². The zero-order valence-electron chi connectivity index (χ0n) is 15.7. The molecule has 1 saturated carbocycles. The molecule has 5 rings (SSSR count). The van der Waals surface area contributed by atoms with Crippen LogP contribution in [0.4, 0.5) is 10.1 Å². The molecule has 3 atom stereocenters. The lowest BCUT2D eigenvalue weighted by atomic mass is 10.00. The van der Waals surface area contributed by atoms with E-state index in [4.69, 9.17) is 0 Å². The summed E-state index contributed by atoms with van der Waals surface area (Å²) in [6, 6.07) is 4.87. The highest BCUT2D eigenvalue weighted by Crippen LogP contribution is 2.67. The molecular weight excluding hydrogens is 363 g/mol. The van der Waals surface area contributed by atoms with Gasteiger partial charge in [-0.15, -0.1) is 10.2 Å². The predicted octanol–water partition coefficient (Wildman–Crippen LogP) is 1.06. The Morgan fingerprint density at radius 3 is 2.96 bits per heavy atom. The Bertz CT molecular complexity index is 921. The number of halogens is 1. The Morgan fingerprint density at radius 2 is 2.29 bits per heavy atom. The first-order valence-corrected chi connectivity index (χ1v) is 9.63.